The summed E-state index contributed by atoms with van der Waals surface area (Å²) in [6.45, 7) is 0. The van der Waals surface area contributed by atoms with E-state index in [9.17, 15) is 9.59 Å². The summed E-state index contributed by atoms with van der Waals surface area (Å²) in [6.07, 6.45) is 4.63. The number of hydrogen-bond acceptors (Lipinski definition) is 6. The number of benzene rings is 1. The van der Waals surface area contributed by atoms with Gasteiger partial charge in [0.2, 0.25) is 0 Å². The summed E-state index contributed by atoms with van der Waals surface area (Å²) >= 11 is 1.53. The van der Waals surface area contributed by atoms with Crippen molar-refractivity contribution in [1.29, 1.82) is 0 Å². The zero-order chi connectivity index (χ0) is 17.8. The summed E-state index contributed by atoms with van der Waals surface area (Å²) in [6, 6.07) is 6.55. The summed E-state index contributed by atoms with van der Waals surface area (Å²) in [5.74, 6) is 0.229. The van der Waals surface area contributed by atoms with Crippen LogP contribution in [0.25, 0.3) is 0 Å². The molecule has 1 heterocycles. The Morgan fingerprint density at radius 1 is 1.32 bits per heavy atom. The number of nitrogens with zero attached hydrogens (tertiary/aromatic N) is 1. The molecule has 8 heteroatoms. The van der Waals surface area contributed by atoms with Crippen molar-refractivity contribution in [2.75, 3.05) is 18.2 Å². The number of carbonyl (C=O) groups is 1. The minimum Gasteiger partial charge on any atom is -0.497 e. The topological polar surface area (TPSA) is 110 Å². The molecule has 0 aliphatic heterocycles. The Morgan fingerprint density at radius 3 is 2.60 bits per heavy atom. The van der Waals surface area contributed by atoms with E-state index in [0.717, 1.165) is 12.8 Å². The number of rotatable bonds is 5. The highest BCUT2D eigenvalue weighted by Gasteiger charge is 2.19. The van der Waals surface area contributed by atoms with Crippen LogP contribution in [-0.2, 0) is 0 Å². The average molecular weight is 360 g/mol. The highest BCUT2D eigenvalue weighted by atomic mass is 32.2. The number of amides is 1. The molecule has 1 aliphatic rings. The second-order valence-corrected chi connectivity index (χ2v) is 7.13. The number of ether oxygens (including phenoxy) is 1. The van der Waals surface area contributed by atoms with Crippen molar-refractivity contribution in [2.24, 2.45) is 0 Å². The molecule has 3 rings (SSSR count). The molecule has 0 atom stereocenters. The molecule has 132 valence electrons. The number of thioether (sulfide) groups is 1. The van der Waals surface area contributed by atoms with Gasteiger partial charge in [0.05, 0.1) is 7.11 Å². The predicted molar refractivity (Wildman–Crippen MR) is 98.3 cm³/mol. The number of nitrogen functional groups attached to an aromatic ring is 1. The normalized spacial score (nSPS) is 14.4. The fourth-order valence-electron chi connectivity index (χ4n) is 2.74. The summed E-state index contributed by atoms with van der Waals surface area (Å²) in [5, 5.41) is 3.49. The molecule has 1 aromatic heterocycles. The maximum absolute atomic E-state index is 12.3. The summed E-state index contributed by atoms with van der Waals surface area (Å²) < 4.78 is 5.05. The van der Waals surface area contributed by atoms with E-state index in [1.807, 2.05) is 0 Å². The molecule has 0 spiro atoms. The van der Waals surface area contributed by atoms with Crippen LogP contribution in [0.5, 0.6) is 5.75 Å². The molecule has 1 saturated carbocycles. The first-order valence-electron chi connectivity index (χ1n) is 8.08. The van der Waals surface area contributed by atoms with Crippen LogP contribution >= 0.6 is 11.8 Å². The molecular weight excluding hydrogens is 340 g/mol. The number of aromatic nitrogens is 2. The van der Waals surface area contributed by atoms with E-state index >= 15 is 0 Å². The van der Waals surface area contributed by atoms with E-state index < -0.39 is 11.5 Å². The van der Waals surface area contributed by atoms with Crippen LogP contribution in [0, 0.1) is 0 Å². The van der Waals surface area contributed by atoms with Gasteiger partial charge in [-0.1, -0.05) is 24.6 Å². The maximum Gasteiger partial charge on any atom is 0.277 e. The lowest BCUT2D eigenvalue weighted by Crippen LogP contribution is -2.23. The Morgan fingerprint density at radius 2 is 2.00 bits per heavy atom. The number of nitrogens with two attached hydrogens (primary N) is 1. The van der Waals surface area contributed by atoms with Crippen molar-refractivity contribution in [3.8, 4) is 5.75 Å². The van der Waals surface area contributed by atoms with Crippen molar-refractivity contribution >= 4 is 29.2 Å². The fraction of sp³-hybridized carbons (Fsp3) is 0.353. The molecule has 0 saturated heterocycles. The first kappa shape index (κ1) is 17.3. The first-order valence-corrected chi connectivity index (χ1v) is 8.96. The third kappa shape index (κ3) is 4.14. The summed E-state index contributed by atoms with van der Waals surface area (Å²) in [5.41, 5.74) is 5.80. The molecule has 7 nitrogen and oxygen atoms in total. The number of anilines is 2. The van der Waals surface area contributed by atoms with Crippen molar-refractivity contribution in [2.45, 2.75) is 36.1 Å². The Labute approximate surface area is 149 Å². The van der Waals surface area contributed by atoms with Gasteiger partial charge in [0.15, 0.2) is 11.0 Å². The predicted octanol–water partition coefficient (Wildman–Crippen LogP) is 2.65. The quantitative estimate of drug-likeness (QED) is 0.707. The zero-order valence-corrected chi connectivity index (χ0v) is 14.7. The largest absolute Gasteiger partial charge is 0.497 e. The number of nitrogens with one attached hydrogen (secondary N) is 2. The second kappa shape index (κ2) is 7.60. The minimum absolute atomic E-state index is 0.0195. The lowest BCUT2D eigenvalue weighted by atomic mass is 10.2. The highest BCUT2D eigenvalue weighted by molar-refractivity contribution is 7.99. The van der Waals surface area contributed by atoms with Gasteiger partial charge in [-0.15, -0.1) is 0 Å². The molecule has 0 unspecified atom stereocenters. The minimum atomic E-state index is -0.449. The molecule has 0 radical (unpaired) electrons. The smallest absolute Gasteiger partial charge is 0.277 e. The lowest BCUT2D eigenvalue weighted by molar-refractivity contribution is 0.102. The van der Waals surface area contributed by atoms with E-state index in [-0.39, 0.29) is 11.5 Å². The summed E-state index contributed by atoms with van der Waals surface area (Å²) in [4.78, 5) is 31.5. The number of hydrogen-bond donors (Lipinski definition) is 3. The first-order chi connectivity index (χ1) is 12.1. The summed E-state index contributed by atoms with van der Waals surface area (Å²) in [7, 11) is 1.55. The van der Waals surface area contributed by atoms with Crippen LogP contribution < -0.4 is 21.3 Å². The molecule has 2 aromatic rings. The van der Waals surface area contributed by atoms with Gasteiger partial charge in [-0.2, -0.15) is 0 Å². The number of aromatic amines is 1. The van der Waals surface area contributed by atoms with E-state index in [1.54, 1.807) is 31.4 Å². The van der Waals surface area contributed by atoms with Crippen molar-refractivity contribution < 1.29 is 9.53 Å². The van der Waals surface area contributed by atoms with Gasteiger partial charge in [-0.05, 0) is 37.1 Å². The molecular formula is C17H20N4O3S. The Hall–Kier alpha value is -2.48. The van der Waals surface area contributed by atoms with Gasteiger partial charge in [-0.3, -0.25) is 14.6 Å². The Bertz CT molecular complexity index is 814. The second-order valence-electron chi connectivity index (χ2n) is 5.84. The molecule has 1 amide bonds. The Balaban J connectivity index is 1.75. The van der Waals surface area contributed by atoms with Crippen LogP contribution in [0.2, 0.25) is 0 Å². The molecule has 1 aliphatic carbocycles. The number of H-pyrrole nitrogens is 1. The van der Waals surface area contributed by atoms with Crippen molar-refractivity contribution in [3.63, 3.8) is 0 Å². The van der Waals surface area contributed by atoms with Crippen LogP contribution in [-0.4, -0.2) is 28.2 Å². The van der Waals surface area contributed by atoms with Gasteiger partial charge < -0.3 is 15.8 Å². The molecule has 0 bridgehead atoms. The maximum atomic E-state index is 12.3. The van der Waals surface area contributed by atoms with E-state index in [4.69, 9.17) is 10.5 Å². The third-order valence-electron chi connectivity index (χ3n) is 4.10. The van der Waals surface area contributed by atoms with Gasteiger partial charge in [-0.25, -0.2) is 4.98 Å². The standard InChI is InChI=1S/C17H20N4O3S/c1-24-11-8-6-10(7-9-11)15(22)19-13-14(18)20-17(21-16(13)23)25-12-4-2-3-5-12/h6-9,12H,2-5H2,1H3,(H,19,22)(H3,18,20,21,23). The number of methoxy groups -OCH3 is 1. The van der Waals surface area contributed by atoms with Crippen LogP contribution in [0.15, 0.2) is 34.2 Å². The number of carbonyl (C=O) groups excluding carboxylic acids is 1. The molecule has 4 N–H and O–H groups in total. The van der Waals surface area contributed by atoms with E-state index in [0.29, 0.717) is 21.7 Å². The van der Waals surface area contributed by atoms with E-state index in [2.05, 4.69) is 15.3 Å². The van der Waals surface area contributed by atoms with Crippen LogP contribution in [0.3, 0.4) is 0 Å². The molecule has 1 fully saturated rings. The van der Waals surface area contributed by atoms with Gasteiger partial charge in [0.1, 0.15) is 11.4 Å². The highest BCUT2D eigenvalue weighted by Crippen LogP contribution is 2.33. The van der Waals surface area contributed by atoms with Crippen molar-refractivity contribution in [1.82, 2.24) is 9.97 Å². The molecule has 25 heavy (non-hydrogen) atoms. The van der Waals surface area contributed by atoms with Gasteiger partial charge in [0, 0.05) is 10.8 Å². The van der Waals surface area contributed by atoms with Crippen LogP contribution in [0.1, 0.15) is 36.0 Å². The van der Waals surface area contributed by atoms with E-state index in [1.165, 1.54) is 24.6 Å². The SMILES string of the molecule is COc1ccc(C(=O)Nc2c(N)nc(SC3CCCC3)[nH]c2=O)cc1. The monoisotopic (exact) mass is 360 g/mol. The fourth-order valence-corrected chi connectivity index (χ4v) is 3.93. The average Bonchev–Trinajstić information content (AvgIpc) is 3.11. The molecule has 1 aromatic carbocycles. The zero-order valence-electron chi connectivity index (χ0n) is 13.9. The Kier molecular flexibility index (Phi) is 5.28. The van der Waals surface area contributed by atoms with Crippen molar-refractivity contribution in [3.05, 3.63) is 40.2 Å². The van der Waals surface area contributed by atoms with Gasteiger partial charge in [0.25, 0.3) is 11.5 Å². The van der Waals surface area contributed by atoms with Crippen LogP contribution in [0.4, 0.5) is 11.5 Å². The third-order valence-corrected chi connectivity index (χ3v) is 5.32. The lowest BCUT2D eigenvalue weighted by Gasteiger charge is -2.11. The van der Waals surface area contributed by atoms with Gasteiger partial charge >= 0.3 is 0 Å².